The maximum atomic E-state index is 12.4. The first-order chi connectivity index (χ1) is 11.3. The van der Waals surface area contributed by atoms with E-state index < -0.39 is 0 Å². The zero-order chi connectivity index (χ0) is 16.1. The smallest absolute Gasteiger partial charge is 0.228 e. The van der Waals surface area contributed by atoms with Crippen molar-refractivity contribution in [2.24, 2.45) is 0 Å². The number of aromatic nitrogens is 1. The highest BCUT2D eigenvalue weighted by Gasteiger charge is 2.10. The van der Waals surface area contributed by atoms with Crippen molar-refractivity contribution in [3.05, 3.63) is 72.9 Å². The Labute approximate surface area is 139 Å². The molecule has 2 N–H and O–H groups in total. The second-order valence-electron chi connectivity index (χ2n) is 5.18. The summed E-state index contributed by atoms with van der Waals surface area (Å²) >= 11 is 1.66. The molecule has 3 rings (SSSR count). The van der Waals surface area contributed by atoms with Gasteiger partial charge in [0.25, 0.3) is 0 Å². The highest BCUT2D eigenvalue weighted by Crippen LogP contribution is 2.27. The van der Waals surface area contributed by atoms with Gasteiger partial charge in [0.15, 0.2) is 0 Å². The van der Waals surface area contributed by atoms with Gasteiger partial charge in [0, 0.05) is 27.7 Å². The second kappa shape index (κ2) is 7.20. The molecule has 3 aromatic rings. The van der Waals surface area contributed by atoms with Gasteiger partial charge in [0.05, 0.1) is 12.1 Å². The molecule has 1 amide bonds. The minimum Gasteiger partial charge on any atom is -0.361 e. The van der Waals surface area contributed by atoms with Crippen LogP contribution >= 0.6 is 11.8 Å². The maximum absolute atomic E-state index is 12.4. The van der Waals surface area contributed by atoms with Crippen LogP contribution in [-0.2, 0) is 11.2 Å². The molecule has 0 bridgehead atoms. The molecule has 23 heavy (non-hydrogen) atoms. The number of amides is 1. The number of nitrogens with one attached hydrogen (secondary N) is 2. The quantitative estimate of drug-likeness (QED) is 0.513. The van der Waals surface area contributed by atoms with Crippen LogP contribution in [0.3, 0.4) is 0 Å². The van der Waals surface area contributed by atoms with Crippen molar-refractivity contribution >= 4 is 34.3 Å². The van der Waals surface area contributed by atoms with E-state index in [4.69, 9.17) is 0 Å². The van der Waals surface area contributed by atoms with Gasteiger partial charge in [-0.05, 0) is 23.8 Å². The lowest BCUT2D eigenvalue weighted by atomic mass is 10.1. The van der Waals surface area contributed by atoms with Gasteiger partial charge in [0.1, 0.15) is 0 Å². The summed E-state index contributed by atoms with van der Waals surface area (Å²) < 4.78 is 0. The maximum Gasteiger partial charge on any atom is 0.228 e. The molecular formula is C19H18N2OS. The number of benzene rings is 2. The lowest BCUT2D eigenvalue weighted by Crippen LogP contribution is -2.14. The standard InChI is InChI=1S/C19H18N2OS/c1-2-11-23-18-10-6-5-9-17(18)21-19(22)12-14-13-20-16-8-4-3-7-15(14)16/h2-10,13,20H,1,11-12H2,(H,21,22). The average Bonchev–Trinajstić information content (AvgIpc) is 2.97. The van der Waals surface area contributed by atoms with Crippen LogP contribution in [0.25, 0.3) is 10.9 Å². The Kier molecular flexibility index (Phi) is 4.83. The van der Waals surface area contributed by atoms with Crippen LogP contribution in [0.5, 0.6) is 0 Å². The third kappa shape index (κ3) is 3.66. The van der Waals surface area contributed by atoms with E-state index in [2.05, 4.69) is 16.9 Å². The number of anilines is 1. The van der Waals surface area contributed by atoms with Crippen LogP contribution in [0.4, 0.5) is 5.69 Å². The van der Waals surface area contributed by atoms with Crippen molar-refractivity contribution in [2.75, 3.05) is 11.1 Å². The molecule has 1 aromatic heterocycles. The lowest BCUT2D eigenvalue weighted by molar-refractivity contribution is -0.115. The van der Waals surface area contributed by atoms with E-state index in [9.17, 15) is 4.79 Å². The number of fused-ring (bicyclic) bond motifs is 1. The Hall–Kier alpha value is -2.46. The van der Waals surface area contributed by atoms with Crippen LogP contribution in [0.2, 0.25) is 0 Å². The van der Waals surface area contributed by atoms with Crippen molar-refractivity contribution in [3.8, 4) is 0 Å². The van der Waals surface area contributed by atoms with Gasteiger partial charge in [-0.2, -0.15) is 0 Å². The number of carbonyl (C=O) groups is 1. The molecule has 0 radical (unpaired) electrons. The number of rotatable bonds is 6. The van der Waals surface area contributed by atoms with Crippen LogP contribution in [0.15, 0.2) is 72.3 Å². The zero-order valence-electron chi connectivity index (χ0n) is 12.7. The van der Waals surface area contributed by atoms with E-state index in [1.807, 2.05) is 60.8 Å². The Morgan fingerprint density at radius 1 is 1.17 bits per heavy atom. The summed E-state index contributed by atoms with van der Waals surface area (Å²) in [6.45, 7) is 3.73. The number of hydrogen-bond donors (Lipinski definition) is 2. The normalized spacial score (nSPS) is 10.6. The molecule has 116 valence electrons. The molecule has 3 nitrogen and oxygen atoms in total. The molecule has 0 saturated carbocycles. The SMILES string of the molecule is C=CCSc1ccccc1NC(=O)Cc1c[nH]c2ccccc12. The topological polar surface area (TPSA) is 44.9 Å². The van der Waals surface area contributed by atoms with Crippen molar-refractivity contribution in [1.29, 1.82) is 0 Å². The van der Waals surface area contributed by atoms with Crippen LogP contribution in [0, 0.1) is 0 Å². The first kappa shape index (κ1) is 15.4. The summed E-state index contributed by atoms with van der Waals surface area (Å²) in [5.41, 5.74) is 2.91. The molecule has 0 aliphatic rings. The molecule has 0 saturated heterocycles. The Morgan fingerprint density at radius 2 is 1.96 bits per heavy atom. The predicted octanol–water partition coefficient (Wildman–Crippen LogP) is 4.63. The summed E-state index contributed by atoms with van der Waals surface area (Å²) in [5, 5.41) is 4.11. The van der Waals surface area contributed by atoms with Gasteiger partial charge in [0.2, 0.25) is 5.91 Å². The third-order valence-electron chi connectivity index (χ3n) is 3.54. The zero-order valence-corrected chi connectivity index (χ0v) is 13.5. The number of thioether (sulfide) groups is 1. The van der Waals surface area contributed by atoms with Gasteiger partial charge < -0.3 is 10.3 Å². The van der Waals surface area contributed by atoms with Crippen molar-refractivity contribution in [1.82, 2.24) is 4.98 Å². The van der Waals surface area contributed by atoms with E-state index in [1.165, 1.54) is 0 Å². The molecule has 4 heteroatoms. The number of hydrogen-bond acceptors (Lipinski definition) is 2. The highest BCUT2D eigenvalue weighted by molar-refractivity contribution is 7.99. The second-order valence-corrected chi connectivity index (χ2v) is 6.24. The first-order valence-electron chi connectivity index (χ1n) is 7.45. The molecule has 0 aliphatic heterocycles. The van der Waals surface area contributed by atoms with Crippen LogP contribution in [0.1, 0.15) is 5.56 Å². The van der Waals surface area contributed by atoms with Crippen molar-refractivity contribution in [2.45, 2.75) is 11.3 Å². The molecule has 0 aliphatic carbocycles. The van der Waals surface area contributed by atoms with Gasteiger partial charge in [-0.15, -0.1) is 18.3 Å². The fraction of sp³-hybridized carbons (Fsp3) is 0.105. The number of H-pyrrole nitrogens is 1. The molecular weight excluding hydrogens is 304 g/mol. The largest absolute Gasteiger partial charge is 0.361 e. The van der Waals surface area contributed by atoms with Gasteiger partial charge in [-0.25, -0.2) is 0 Å². The van der Waals surface area contributed by atoms with Crippen molar-refractivity contribution < 1.29 is 4.79 Å². The van der Waals surface area contributed by atoms with E-state index in [1.54, 1.807) is 11.8 Å². The molecule has 0 atom stereocenters. The van der Waals surface area contributed by atoms with Gasteiger partial charge in [-0.3, -0.25) is 4.79 Å². The molecule has 0 fully saturated rings. The molecule has 0 unspecified atom stereocenters. The minimum absolute atomic E-state index is 0.0126. The van der Waals surface area contributed by atoms with Crippen molar-refractivity contribution in [3.63, 3.8) is 0 Å². The molecule has 2 aromatic carbocycles. The number of aromatic amines is 1. The first-order valence-corrected chi connectivity index (χ1v) is 8.44. The molecule has 0 spiro atoms. The van der Waals surface area contributed by atoms with E-state index in [0.29, 0.717) is 6.42 Å². The summed E-state index contributed by atoms with van der Waals surface area (Å²) in [5.74, 6) is 0.802. The summed E-state index contributed by atoms with van der Waals surface area (Å²) in [7, 11) is 0. The summed E-state index contributed by atoms with van der Waals surface area (Å²) in [6, 6.07) is 15.9. The lowest BCUT2D eigenvalue weighted by Gasteiger charge is -2.09. The number of para-hydroxylation sites is 2. The highest BCUT2D eigenvalue weighted by atomic mass is 32.2. The fourth-order valence-corrected chi connectivity index (χ4v) is 3.24. The Balaban J connectivity index is 1.74. The fourth-order valence-electron chi connectivity index (χ4n) is 2.49. The number of carbonyl (C=O) groups excluding carboxylic acids is 1. The summed E-state index contributed by atoms with van der Waals surface area (Å²) in [6.07, 6.45) is 4.11. The van der Waals surface area contributed by atoms with Crippen LogP contribution < -0.4 is 5.32 Å². The Bertz CT molecular complexity index is 838. The monoisotopic (exact) mass is 322 g/mol. The minimum atomic E-state index is -0.0126. The van der Waals surface area contributed by atoms with Gasteiger partial charge >= 0.3 is 0 Å². The predicted molar refractivity (Wildman–Crippen MR) is 98.0 cm³/mol. The van der Waals surface area contributed by atoms with Crippen LogP contribution in [-0.4, -0.2) is 16.6 Å². The van der Waals surface area contributed by atoms with E-state index in [-0.39, 0.29) is 5.91 Å². The van der Waals surface area contributed by atoms with E-state index in [0.717, 1.165) is 32.8 Å². The third-order valence-corrected chi connectivity index (χ3v) is 4.61. The molecule has 1 heterocycles. The summed E-state index contributed by atoms with van der Waals surface area (Å²) in [4.78, 5) is 16.7. The van der Waals surface area contributed by atoms with Gasteiger partial charge in [-0.1, -0.05) is 36.4 Å². The average molecular weight is 322 g/mol. The van der Waals surface area contributed by atoms with E-state index >= 15 is 0 Å². The Morgan fingerprint density at radius 3 is 2.83 bits per heavy atom.